The van der Waals surface area contributed by atoms with Crippen LogP contribution in [0.25, 0.3) is 11.3 Å². The van der Waals surface area contributed by atoms with E-state index in [9.17, 15) is 14.4 Å². The summed E-state index contributed by atoms with van der Waals surface area (Å²) in [4.78, 5) is 63.7. The van der Waals surface area contributed by atoms with Crippen LogP contribution >= 0.6 is 0 Å². The first-order valence-electron chi connectivity index (χ1n) is 22.6. The number of aromatic nitrogens is 4. The Morgan fingerprint density at radius 3 is 1.95 bits per heavy atom. The van der Waals surface area contributed by atoms with Crippen molar-refractivity contribution >= 4 is 17.9 Å². The molecule has 2 aromatic carbocycles. The molecule has 4 aromatic rings. The van der Waals surface area contributed by atoms with Crippen LogP contribution in [-0.2, 0) is 25.2 Å². The van der Waals surface area contributed by atoms with Crippen LogP contribution in [0.1, 0.15) is 144 Å². The minimum Gasteiger partial charge on any atom is -0.453 e. The maximum atomic E-state index is 14.5. The highest BCUT2D eigenvalue weighted by Gasteiger charge is 2.51. The molecular formula is C48H62N8O4. The third-order valence-corrected chi connectivity index (χ3v) is 15.0. The van der Waals surface area contributed by atoms with E-state index in [2.05, 4.69) is 79.8 Å². The topological polar surface area (TPSA) is 140 Å². The lowest BCUT2D eigenvalue weighted by Crippen LogP contribution is -2.51. The molecule has 2 bridgehead atoms. The maximum Gasteiger partial charge on any atom is 0.407 e. The number of hydrogen-bond donors (Lipinski definition) is 3. The molecule has 3 amide bonds. The highest BCUT2D eigenvalue weighted by atomic mass is 16.5. The number of likely N-dealkylation sites (tertiary alicyclic amines) is 3. The molecule has 4 atom stereocenters. The Balaban J connectivity index is 0.851. The number of methoxy groups -OCH3 is 1. The number of H-pyrrole nitrogens is 2. The molecule has 4 unspecified atom stereocenters. The molecule has 0 radical (unpaired) electrons. The summed E-state index contributed by atoms with van der Waals surface area (Å²) in [5.74, 6) is 1.76. The number of aromatic amines is 2. The summed E-state index contributed by atoms with van der Waals surface area (Å²) < 4.78 is 4.79. The number of nitrogens with zero attached hydrogens (tertiary/aromatic N) is 5. The molecule has 3 aliphatic carbocycles. The van der Waals surface area contributed by atoms with E-state index in [1.54, 1.807) is 0 Å². The standard InChI is InChI=1S/C48H62N8O4/c1-32(2)40(53-46(59)60-3)44(57)55-28-10-14-37(55)42-49-30-36(51-42)33-16-18-35(19-17-33)47-20-23-48(24-21-47,25-22-47)39-31-50-43(52-39)38-15-11-29-56(38)45(58)41(34-12-6-4-7-13-34)54-26-8-5-9-27-54/h4,6-7,12-13,16-19,30-32,37-38,40-41H,5,8-11,14-15,20-29H2,1-3H3,(H,49,51)(H,50,52)(H,53,59). The molecule has 60 heavy (non-hydrogen) atoms. The van der Waals surface area contributed by atoms with E-state index >= 15 is 0 Å². The second kappa shape index (κ2) is 16.8. The molecule has 12 heteroatoms. The Morgan fingerprint density at radius 1 is 0.717 bits per heavy atom. The van der Waals surface area contributed by atoms with Gasteiger partial charge in [-0.25, -0.2) is 14.8 Å². The van der Waals surface area contributed by atoms with Crippen LogP contribution < -0.4 is 5.32 Å². The number of nitrogens with one attached hydrogen (secondary N) is 3. The van der Waals surface area contributed by atoms with Gasteiger partial charge in [0.1, 0.15) is 23.7 Å². The number of benzene rings is 2. The molecule has 10 rings (SSSR count). The number of piperidine rings is 1. The Labute approximate surface area is 354 Å². The lowest BCUT2D eigenvalue weighted by molar-refractivity contribution is -0.139. The van der Waals surface area contributed by atoms with Crippen molar-refractivity contribution in [1.82, 2.24) is 40.0 Å². The zero-order valence-corrected chi connectivity index (χ0v) is 35.6. The second-order valence-corrected chi connectivity index (χ2v) is 18.6. The van der Waals surface area contributed by atoms with Crippen LogP contribution in [0.15, 0.2) is 67.0 Å². The van der Waals surface area contributed by atoms with Crippen molar-refractivity contribution in [3.63, 3.8) is 0 Å². The Morgan fingerprint density at radius 2 is 1.32 bits per heavy atom. The molecule has 2 aromatic heterocycles. The van der Waals surface area contributed by atoms with Crippen molar-refractivity contribution in [2.24, 2.45) is 5.92 Å². The first-order valence-corrected chi connectivity index (χ1v) is 22.6. The Kier molecular flexibility index (Phi) is 11.3. The fraction of sp³-hybridized carbons (Fsp3) is 0.562. The lowest BCUT2D eigenvalue weighted by atomic mass is 9.51. The summed E-state index contributed by atoms with van der Waals surface area (Å²) in [6, 6.07) is 18.4. The molecule has 3 aliphatic heterocycles. The molecule has 3 saturated heterocycles. The second-order valence-electron chi connectivity index (χ2n) is 18.6. The van der Waals surface area contributed by atoms with Crippen molar-refractivity contribution in [2.75, 3.05) is 33.3 Å². The zero-order chi connectivity index (χ0) is 41.4. The lowest BCUT2D eigenvalue weighted by Gasteiger charge is -2.53. The molecule has 0 spiro atoms. The quantitative estimate of drug-likeness (QED) is 0.139. The molecule has 12 nitrogen and oxygen atoms in total. The number of amides is 3. The molecular weight excluding hydrogens is 753 g/mol. The highest BCUT2D eigenvalue weighted by Crippen LogP contribution is 2.58. The van der Waals surface area contributed by atoms with E-state index in [0.717, 1.165) is 125 Å². The average molecular weight is 815 g/mol. The summed E-state index contributed by atoms with van der Waals surface area (Å²) in [6.45, 7) is 7.20. The Hall–Kier alpha value is -4.97. The van der Waals surface area contributed by atoms with Crippen molar-refractivity contribution < 1.29 is 19.1 Å². The van der Waals surface area contributed by atoms with Crippen molar-refractivity contribution in [3.05, 3.63) is 95.5 Å². The number of ether oxygens (including phenoxy) is 1. The first kappa shape index (κ1) is 40.4. The summed E-state index contributed by atoms with van der Waals surface area (Å²) in [7, 11) is 1.31. The average Bonchev–Trinajstić information content (AvgIpc) is 4.14. The van der Waals surface area contributed by atoms with E-state index in [-0.39, 0.29) is 46.7 Å². The van der Waals surface area contributed by atoms with Gasteiger partial charge in [-0.15, -0.1) is 0 Å². The summed E-state index contributed by atoms with van der Waals surface area (Å²) in [6.07, 6.45) is 17.4. The van der Waals surface area contributed by atoms with E-state index < -0.39 is 12.1 Å². The number of imidazole rings is 2. The number of rotatable bonds is 11. The van der Waals surface area contributed by atoms with E-state index in [4.69, 9.17) is 14.7 Å². The van der Waals surface area contributed by atoms with E-state index in [1.807, 2.05) is 31.0 Å². The third kappa shape index (κ3) is 7.53. The third-order valence-electron chi connectivity index (χ3n) is 15.0. The van der Waals surface area contributed by atoms with E-state index in [1.165, 1.54) is 24.8 Å². The van der Waals surface area contributed by atoms with Gasteiger partial charge in [0.2, 0.25) is 11.8 Å². The molecule has 6 fully saturated rings. The predicted octanol–water partition coefficient (Wildman–Crippen LogP) is 8.28. The number of carbonyl (C=O) groups excluding carboxylic acids is 3. The molecule has 5 heterocycles. The zero-order valence-electron chi connectivity index (χ0n) is 35.6. The van der Waals surface area contributed by atoms with E-state index in [0.29, 0.717) is 6.54 Å². The predicted molar refractivity (Wildman–Crippen MR) is 230 cm³/mol. The monoisotopic (exact) mass is 814 g/mol. The van der Waals surface area contributed by atoms with Gasteiger partial charge in [-0.2, -0.15) is 0 Å². The van der Waals surface area contributed by atoms with Crippen LogP contribution in [0, 0.1) is 5.92 Å². The van der Waals surface area contributed by atoms with Gasteiger partial charge in [-0.1, -0.05) is 74.9 Å². The number of alkyl carbamates (subject to hydrolysis) is 1. The van der Waals surface area contributed by atoms with Gasteiger partial charge in [-0.05, 0) is 118 Å². The fourth-order valence-electron chi connectivity index (χ4n) is 11.4. The van der Waals surface area contributed by atoms with Crippen LogP contribution in [0.3, 0.4) is 0 Å². The fourth-order valence-corrected chi connectivity index (χ4v) is 11.4. The largest absolute Gasteiger partial charge is 0.453 e. The van der Waals surface area contributed by atoms with Gasteiger partial charge in [0.25, 0.3) is 0 Å². The summed E-state index contributed by atoms with van der Waals surface area (Å²) >= 11 is 0. The van der Waals surface area contributed by atoms with Crippen molar-refractivity contribution in [3.8, 4) is 11.3 Å². The van der Waals surface area contributed by atoms with Crippen LogP contribution in [0.2, 0.25) is 0 Å². The van der Waals surface area contributed by atoms with Gasteiger partial charge in [-0.3, -0.25) is 14.5 Å². The molecule has 318 valence electrons. The SMILES string of the molecule is COC(=O)NC(C(=O)N1CCCC1c1ncc(-c2ccc(C34CCC(c5cnc(C6CCCN6C(=O)C(c6ccccc6)N6CCCCC6)[nH]5)(CC3)CC4)cc2)[nH]1)C(C)C. The highest BCUT2D eigenvalue weighted by molar-refractivity contribution is 5.86. The van der Waals surface area contributed by atoms with Crippen molar-refractivity contribution in [2.45, 2.75) is 132 Å². The molecule has 3 N–H and O–H groups in total. The van der Waals surface area contributed by atoms with Gasteiger partial charge in [0.15, 0.2) is 0 Å². The normalized spacial score (nSPS) is 26.7. The molecule has 3 saturated carbocycles. The smallest absolute Gasteiger partial charge is 0.407 e. The van der Waals surface area contributed by atoms with Gasteiger partial charge < -0.3 is 29.8 Å². The summed E-state index contributed by atoms with van der Waals surface area (Å²) in [5, 5.41) is 2.73. The minimum atomic E-state index is -0.663. The Bertz CT molecular complexity index is 2110. The van der Waals surface area contributed by atoms with Crippen molar-refractivity contribution in [1.29, 1.82) is 0 Å². The van der Waals surface area contributed by atoms with Gasteiger partial charge in [0.05, 0.1) is 31.1 Å². The summed E-state index contributed by atoms with van der Waals surface area (Å²) in [5.41, 5.74) is 6.06. The van der Waals surface area contributed by atoms with Crippen LogP contribution in [0.5, 0.6) is 0 Å². The maximum absolute atomic E-state index is 14.5. The van der Waals surface area contributed by atoms with Crippen LogP contribution in [0.4, 0.5) is 4.79 Å². The van der Waals surface area contributed by atoms with Crippen LogP contribution in [-0.4, -0.2) is 91.9 Å². The number of hydrogen-bond acceptors (Lipinski definition) is 7. The number of fused-ring (bicyclic) bond motifs is 3. The van der Waals surface area contributed by atoms with Gasteiger partial charge >= 0.3 is 6.09 Å². The number of carbonyl (C=O) groups is 3. The minimum absolute atomic E-state index is 0.0125. The first-order chi connectivity index (χ1) is 29.2. The van der Waals surface area contributed by atoms with Gasteiger partial charge in [0, 0.05) is 30.4 Å². The molecule has 6 aliphatic rings.